The number of sulfonamides is 1. The van der Waals surface area contributed by atoms with Crippen LogP contribution in [0.15, 0.2) is 58.4 Å². The number of benzene rings is 2. The fourth-order valence-corrected chi connectivity index (χ4v) is 6.70. The smallest absolute Gasteiger partial charge is 0.252 e. The molecule has 1 amide bonds. The average Bonchev–Trinajstić information content (AvgIpc) is 3.17. The number of carbonyl (C=O) groups excluding carboxylic acids is 1. The Bertz CT molecular complexity index is 1280. The third kappa shape index (κ3) is 4.37. The largest absolute Gasteiger partial charge is 0.492 e. The lowest BCUT2D eigenvalue weighted by atomic mass is 9.99. The predicted octanol–water partition coefficient (Wildman–Crippen LogP) is 3.65. The number of ether oxygens (including phenoxy) is 1. The van der Waals surface area contributed by atoms with Gasteiger partial charge in [-0.2, -0.15) is 9.30 Å². The van der Waals surface area contributed by atoms with Crippen molar-refractivity contribution >= 4 is 37.5 Å². The molecule has 1 fully saturated rings. The normalized spacial score (nSPS) is 18.2. The van der Waals surface area contributed by atoms with Crippen molar-refractivity contribution in [2.75, 3.05) is 19.7 Å². The molecule has 4 rings (SSSR count). The standard InChI is InChI=1S/C23H27N3O4S2/c1-3-26-21-19(30-4-2)13-8-14-20(21)31-23(26)24-22(27)17-10-9-15-25(16-17)32(28,29)18-11-6-5-7-12-18/h5-8,11-14,17H,3-4,9-10,15-16H2,1-2H3. The number of rotatable bonds is 6. The maximum Gasteiger partial charge on any atom is 0.252 e. The highest BCUT2D eigenvalue weighted by molar-refractivity contribution is 7.89. The second-order valence-electron chi connectivity index (χ2n) is 7.63. The van der Waals surface area contributed by atoms with Gasteiger partial charge in [-0.25, -0.2) is 8.42 Å². The van der Waals surface area contributed by atoms with Crippen LogP contribution in [0.5, 0.6) is 5.75 Å². The van der Waals surface area contributed by atoms with Crippen LogP contribution in [-0.4, -0.2) is 42.9 Å². The van der Waals surface area contributed by atoms with Crippen molar-refractivity contribution in [3.05, 3.63) is 53.3 Å². The van der Waals surface area contributed by atoms with Crippen LogP contribution in [0.3, 0.4) is 0 Å². The summed E-state index contributed by atoms with van der Waals surface area (Å²) >= 11 is 1.45. The van der Waals surface area contributed by atoms with Gasteiger partial charge in [-0.1, -0.05) is 35.6 Å². The molecule has 1 aliphatic heterocycles. The summed E-state index contributed by atoms with van der Waals surface area (Å²) in [5.74, 6) is 0.0450. The lowest BCUT2D eigenvalue weighted by Crippen LogP contribution is -2.42. The first kappa shape index (κ1) is 22.7. The van der Waals surface area contributed by atoms with Crippen molar-refractivity contribution in [3.63, 3.8) is 0 Å². The van der Waals surface area contributed by atoms with E-state index in [2.05, 4.69) is 4.99 Å². The van der Waals surface area contributed by atoms with Crippen LogP contribution in [-0.2, 0) is 21.4 Å². The molecule has 0 radical (unpaired) electrons. The minimum atomic E-state index is -3.63. The van der Waals surface area contributed by atoms with Crippen LogP contribution in [0.1, 0.15) is 26.7 Å². The van der Waals surface area contributed by atoms with Gasteiger partial charge < -0.3 is 9.30 Å². The number of para-hydroxylation sites is 1. The van der Waals surface area contributed by atoms with Gasteiger partial charge in [0, 0.05) is 19.6 Å². The second kappa shape index (κ2) is 9.56. The molecule has 0 aliphatic carbocycles. The molecular weight excluding hydrogens is 446 g/mol. The van der Waals surface area contributed by atoms with Crippen LogP contribution in [0.2, 0.25) is 0 Å². The van der Waals surface area contributed by atoms with Crippen molar-refractivity contribution in [1.82, 2.24) is 8.87 Å². The molecule has 1 unspecified atom stereocenters. The quantitative estimate of drug-likeness (QED) is 0.547. The van der Waals surface area contributed by atoms with Gasteiger partial charge in [0.2, 0.25) is 10.0 Å². The monoisotopic (exact) mass is 473 g/mol. The average molecular weight is 474 g/mol. The first-order valence-electron chi connectivity index (χ1n) is 10.8. The highest BCUT2D eigenvalue weighted by Crippen LogP contribution is 2.28. The van der Waals surface area contributed by atoms with E-state index in [1.165, 1.54) is 15.6 Å². The maximum atomic E-state index is 13.1. The van der Waals surface area contributed by atoms with Crippen LogP contribution in [0, 0.1) is 5.92 Å². The molecule has 2 aromatic carbocycles. The topological polar surface area (TPSA) is 81.0 Å². The summed E-state index contributed by atoms with van der Waals surface area (Å²) in [5, 5.41) is 0. The maximum absolute atomic E-state index is 13.1. The van der Waals surface area contributed by atoms with Crippen molar-refractivity contribution in [2.24, 2.45) is 10.9 Å². The van der Waals surface area contributed by atoms with Crippen molar-refractivity contribution in [1.29, 1.82) is 0 Å². The summed E-state index contributed by atoms with van der Waals surface area (Å²) in [6, 6.07) is 14.2. The lowest BCUT2D eigenvalue weighted by Gasteiger charge is -2.30. The van der Waals surface area contributed by atoms with Gasteiger partial charge in [0.15, 0.2) is 4.80 Å². The molecule has 1 aromatic heterocycles. The van der Waals surface area contributed by atoms with Crippen molar-refractivity contribution in [3.8, 4) is 5.75 Å². The number of nitrogens with zero attached hydrogens (tertiary/aromatic N) is 3. The van der Waals surface area contributed by atoms with Gasteiger partial charge >= 0.3 is 0 Å². The summed E-state index contributed by atoms with van der Waals surface area (Å²) in [5.41, 5.74) is 0.935. The number of amides is 1. The number of aryl methyl sites for hydroxylation is 1. The van der Waals surface area contributed by atoms with Gasteiger partial charge in [0.1, 0.15) is 11.3 Å². The molecule has 0 bridgehead atoms. The summed E-state index contributed by atoms with van der Waals surface area (Å²) in [4.78, 5) is 18.4. The van der Waals surface area contributed by atoms with Gasteiger partial charge in [-0.05, 0) is 51.0 Å². The zero-order valence-electron chi connectivity index (χ0n) is 18.2. The zero-order valence-corrected chi connectivity index (χ0v) is 19.9. The third-order valence-corrected chi connectivity index (χ3v) is 8.52. The van der Waals surface area contributed by atoms with Gasteiger partial charge in [0.25, 0.3) is 5.91 Å². The Balaban J connectivity index is 1.64. The molecule has 32 heavy (non-hydrogen) atoms. The molecule has 170 valence electrons. The summed E-state index contributed by atoms with van der Waals surface area (Å²) in [6.07, 6.45) is 1.26. The third-order valence-electron chi connectivity index (χ3n) is 5.60. The number of piperidine rings is 1. The first-order valence-corrected chi connectivity index (χ1v) is 13.1. The van der Waals surface area contributed by atoms with Crippen molar-refractivity contribution in [2.45, 2.75) is 38.1 Å². The molecule has 3 aromatic rings. The highest BCUT2D eigenvalue weighted by atomic mass is 32.2. The van der Waals surface area contributed by atoms with E-state index in [-0.39, 0.29) is 17.3 Å². The molecule has 2 heterocycles. The van der Waals surface area contributed by atoms with Gasteiger partial charge in [-0.3, -0.25) is 4.79 Å². The number of hydrogen-bond donors (Lipinski definition) is 0. The van der Waals surface area contributed by atoms with E-state index >= 15 is 0 Å². The number of hydrogen-bond acceptors (Lipinski definition) is 5. The summed E-state index contributed by atoms with van der Waals surface area (Å²) in [7, 11) is -3.63. The lowest BCUT2D eigenvalue weighted by molar-refractivity contribution is -0.122. The molecule has 0 N–H and O–H groups in total. The van der Waals surface area contributed by atoms with Gasteiger partial charge in [0.05, 0.1) is 22.1 Å². The number of fused-ring (bicyclic) bond motifs is 1. The van der Waals surface area contributed by atoms with Crippen molar-refractivity contribution < 1.29 is 17.9 Å². The molecule has 1 atom stereocenters. The van der Waals surface area contributed by atoms with E-state index in [0.29, 0.717) is 37.3 Å². The van der Waals surface area contributed by atoms with Crippen LogP contribution in [0.4, 0.5) is 0 Å². The predicted molar refractivity (Wildman–Crippen MR) is 125 cm³/mol. The number of carbonyl (C=O) groups is 1. The Morgan fingerprint density at radius 1 is 1.16 bits per heavy atom. The van der Waals surface area contributed by atoms with Crippen LogP contribution < -0.4 is 9.54 Å². The first-order chi connectivity index (χ1) is 15.5. The number of aromatic nitrogens is 1. The van der Waals surface area contributed by atoms with Crippen LogP contribution in [0.25, 0.3) is 10.2 Å². The molecule has 1 saturated heterocycles. The molecule has 0 saturated carbocycles. The Kier molecular flexibility index (Phi) is 6.78. The summed E-state index contributed by atoms with van der Waals surface area (Å²) in [6.45, 7) is 5.71. The molecule has 9 heteroatoms. The highest BCUT2D eigenvalue weighted by Gasteiger charge is 2.33. The Morgan fingerprint density at radius 2 is 1.94 bits per heavy atom. The Labute approximate surface area is 192 Å². The van der Waals surface area contributed by atoms with E-state index in [9.17, 15) is 13.2 Å². The minimum Gasteiger partial charge on any atom is -0.492 e. The van der Waals surface area contributed by atoms with E-state index in [1.807, 2.05) is 36.6 Å². The fraction of sp³-hybridized carbons (Fsp3) is 0.391. The van der Waals surface area contributed by atoms with Crippen LogP contribution >= 0.6 is 11.3 Å². The SMILES string of the molecule is CCOc1cccc2sc(=NC(=O)C3CCCN(S(=O)(=O)c4ccccc4)C3)n(CC)c12. The zero-order chi connectivity index (χ0) is 22.7. The van der Waals surface area contributed by atoms with E-state index < -0.39 is 15.9 Å². The summed E-state index contributed by atoms with van der Waals surface area (Å²) < 4.78 is 36.2. The Morgan fingerprint density at radius 3 is 2.66 bits per heavy atom. The molecule has 7 nitrogen and oxygen atoms in total. The number of thiazole rings is 1. The van der Waals surface area contributed by atoms with E-state index in [4.69, 9.17) is 4.74 Å². The van der Waals surface area contributed by atoms with E-state index in [0.717, 1.165) is 16.0 Å². The Hall–Kier alpha value is -2.49. The second-order valence-corrected chi connectivity index (χ2v) is 10.6. The van der Waals surface area contributed by atoms with E-state index in [1.54, 1.807) is 30.3 Å². The molecule has 1 aliphatic rings. The minimum absolute atomic E-state index is 0.154. The van der Waals surface area contributed by atoms with Gasteiger partial charge in [-0.15, -0.1) is 0 Å². The molecule has 0 spiro atoms. The fourth-order valence-electron chi connectivity index (χ4n) is 4.04. The molecular formula is C23H27N3O4S2.